The van der Waals surface area contributed by atoms with Crippen molar-refractivity contribution < 1.29 is 0 Å². The summed E-state index contributed by atoms with van der Waals surface area (Å²) in [5, 5.41) is 12.4. The fourth-order valence-corrected chi connectivity index (χ4v) is 10.3. The van der Waals surface area contributed by atoms with Gasteiger partial charge in [0.1, 0.15) is 0 Å². The fraction of sp³-hybridized carbons (Fsp3) is 0. The first-order valence-electron chi connectivity index (χ1n) is 19.1. The lowest BCUT2D eigenvalue weighted by Gasteiger charge is -2.19. The Kier molecular flexibility index (Phi) is 6.83. The van der Waals surface area contributed by atoms with E-state index in [1.807, 2.05) is 23.7 Å². The van der Waals surface area contributed by atoms with Crippen LogP contribution < -0.4 is 0 Å². The van der Waals surface area contributed by atoms with Crippen molar-refractivity contribution in [3.63, 3.8) is 0 Å². The van der Waals surface area contributed by atoms with Crippen LogP contribution in [0.4, 0.5) is 0 Å². The predicted octanol–water partition coefficient (Wildman–Crippen LogP) is 15.0. The van der Waals surface area contributed by atoms with Gasteiger partial charge in [-0.05, 0) is 109 Å². The van der Waals surface area contributed by atoms with Crippen LogP contribution in [0.3, 0.4) is 0 Å². The van der Waals surface area contributed by atoms with E-state index in [2.05, 4.69) is 192 Å². The van der Waals surface area contributed by atoms with Crippen molar-refractivity contribution in [3.8, 4) is 39.1 Å². The van der Waals surface area contributed by atoms with Crippen LogP contribution >= 0.6 is 11.3 Å². The van der Waals surface area contributed by atoms with Gasteiger partial charge in [-0.1, -0.05) is 133 Å². The van der Waals surface area contributed by atoms with Gasteiger partial charge in [0.2, 0.25) is 0 Å². The molecule has 0 spiro atoms. The Morgan fingerprint density at radius 3 is 1.79 bits per heavy atom. The molecule has 0 unspecified atom stereocenters. The summed E-state index contributed by atoms with van der Waals surface area (Å²) in [6, 6.07) is 67.0. The molecule has 0 saturated carbocycles. The molecule has 260 valence electrons. The van der Waals surface area contributed by atoms with Crippen LogP contribution in [0.15, 0.2) is 194 Å². The molecule has 0 bridgehead atoms. The third kappa shape index (κ3) is 4.59. The van der Waals surface area contributed by atoms with Crippen molar-refractivity contribution in [1.82, 2.24) is 9.55 Å². The summed E-state index contributed by atoms with van der Waals surface area (Å²) in [4.78, 5) is 4.63. The highest BCUT2D eigenvalue weighted by molar-refractivity contribution is 7.25. The van der Waals surface area contributed by atoms with Gasteiger partial charge in [-0.15, -0.1) is 11.3 Å². The zero-order chi connectivity index (χ0) is 36.7. The minimum atomic E-state index is 1.14. The molecule has 0 aliphatic heterocycles. The summed E-state index contributed by atoms with van der Waals surface area (Å²) in [5.74, 6) is 0. The molecule has 3 heteroatoms. The van der Waals surface area contributed by atoms with E-state index in [1.165, 1.54) is 96.8 Å². The zero-order valence-corrected chi connectivity index (χ0v) is 31.1. The van der Waals surface area contributed by atoms with Crippen LogP contribution in [0, 0.1) is 0 Å². The lowest BCUT2D eigenvalue weighted by Crippen LogP contribution is -1.95. The summed E-state index contributed by atoms with van der Waals surface area (Å²) in [7, 11) is 0. The van der Waals surface area contributed by atoms with Crippen molar-refractivity contribution in [1.29, 1.82) is 0 Å². The fourth-order valence-electron chi connectivity index (χ4n) is 9.25. The molecule has 56 heavy (non-hydrogen) atoms. The highest BCUT2D eigenvalue weighted by Gasteiger charge is 2.21. The van der Waals surface area contributed by atoms with Crippen LogP contribution in [-0.2, 0) is 0 Å². The molecule has 0 saturated heterocycles. The number of para-hydroxylation sites is 1. The highest BCUT2D eigenvalue weighted by Crippen LogP contribution is 2.48. The van der Waals surface area contributed by atoms with Gasteiger partial charge in [0.05, 0.1) is 11.0 Å². The number of aromatic nitrogens is 2. The molecular weight excluding hydrogens is 697 g/mol. The molecule has 0 aliphatic carbocycles. The summed E-state index contributed by atoms with van der Waals surface area (Å²) in [5.41, 5.74) is 10.9. The molecule has 12 aromatic rings. The molecule has 3 heterocycles. The van der Waals surface area contributed by atoms with E-state index in [-0.39, 0.29) is 0 Å². The minimum Gasteiger partial charge on any atom is -0.309 e. The summed E-state index contributed by atoms with van der Waals surface area (Å²) in [6.45, 7) is 0. The Morgan fingerprint density at radius 2 is 0.982 bits per heavy atom. The molecule has 0 amide bonds. The van der Waals surface area contributed by atoms with E-state index in [4.69, 9.17) is 0 Å². The van der Waals surface area contributed by atoms with Crippen LogP contribution in [0.2, 0.25) is 0 Å². The number of rotatable bonds is 4. The van der Waals surface area contributed by atoms with Gasteiger partial charge in [-0.2, -0.15) is 0 Å². The Balaban J connectivity index is 1.21. The first kappa shape index (κ1) is 31.3. The number of benzene rings is 9. The van der Waals surface area contributed by atoms with Gasteiger partial charge in [0.15, 0.2) is 0 Å². The quantitative estimate of drug-likeness (QED) is 0.165. The SMILES string of the molecule is c1ccc(-c2c3ccccc3c(-c3ccc4sc5ccccc5c4c3)c3cc(-c4cc5c6cnccc6n(-c6ccccc6)c5c5ccccc45)ccc23)cc1. The van der Waals surface area contributed by atoms with Crippen LogP contribution in [-0.4, -0.2) is 9.55 Å². The minimum absolute atomic E-state index is 1.14. The first-order valence-corrected chi connectivity index (χ1v) is 19.9. The van der Waals surface area contributed by atoms with E-state index in [1.54, 1.807) is 0 Å². The van der Waals surface area contributed by atoms with Gasteiger partial charge in [0.25, 0.3) is 0 Å². The van der Waals surface area contributed by atoms with E-state index in [0.29, 0.717) is 0 Å². The normalized spacial score (nSPS) is 11.9. The molecule has 0 radical (unpaired) electrons. The second kappa shape index (κ2) is 12.2. The number of thiophene rings is 1. The van der Waals surface area contributed by atoms with Crippen LogP contribution in [0.25, 0.3) is 113 Å². The predicted molar refractivity (Wildman–Crippen MR) is 240 cm³/mol. The molecule has 12 rings (SSSR count). The lowest BCUT2D eigenvalue weighted by molar-refractivity contribution is 1.18. The van der Waals surface area contributed by atoms with Gasteiger partial charge in [0, 0.05) is 54.4 Å². The van der Waals surface area contributed by atoms with Gasteiger partial charge < -0.3 is 4.57 Å². The third-order valence-electron chi connectivity index (χ3n) is 11.6. The lowest BCUT2D eigenvalue weighted by atomic mass is 9.84. The maximum atomic E-state index is 4.63. The zero-order valence-electron chi connectivity index (χ0n) is 30.3. The molecule has 2 nitrogen and oxygen atoms in total. The molecule has 0 fully saturated rings. The summed E-state index contributed by atoms with van der Waals surface area (Å²) < 4.78 is 5.04. The second-order valence-electron chi connectivity index (χ2n) is 14.7. The van der Waals surface area contributed by atoms with Gasteiger partial charge >= 0.3 is 0 Å². The van der Waals surface area contributed by atoms with E-state index < -0.39 is 0 Å². The van der Waals surface area contributed by atoms with Gasteiger partial charge in [-0.3, -0.25) is 4.98 Å². The summed E-state index contributed by atoms with van der Waals surface area (Å²) in [6.07, 6.45) is 3.93. The summed E-state index contributed by atoms with van der Waals surface area (Å²) >= 11 is 1.87. The average molecular weight is 729 g/mol. The maximum absolute atomic E-state index is 4.63. The average Bonchev–Trinajstić information content (AvgIpc) is 3.81. The number of hydrogen-bond donors (Lipinski definition) is 0. The molecular formula is C53H32N2S. The molecule has 9 aromatic carbocycles. The Hall–Kier alpha value is -7.07. The van der Waals surface area contributed by atoms with Crippen LogP contribution in [0.5, 0.6) is 0 Å². The van der Waals surface area contributed by atoms with E-state index >= 15 is 0 Å². The highest BCUT2D eigenvalue weighted by atomic mass is 32.1. The van der Waals surface area contributed by atoms with Crippen molar-refractivity contribution in [2.24, 2.45) is 0 Å². The Labute approximate surface area is 327 Å². The van der Waals surface area contributed by atoms with Crippen LogP contribution in [0.1, 0.15) is 0 Å². The monoisotopic (exact) mass is 728 g/mol. The Bertz CT molecular complexity index is 3520. The van der Waals surface area contributed by atoms with Crippen molar-refractivity contribution in [3.05, 3.63) is 194 Å². The van der Waals surface area contributed by atoms with E-state index in [9.17, 15) is 0 Å². The van der Waals surface area contributed by atoms with Crippen molar-refractivity contribution >= 4 is 85.6 Å². The largest absolute Gasteiger partial charge is 0.309 e. The topological polar surface area (TPSA) is 17.8 Å². The standard InChI is InChI=1S/C53H32N2S/c1-3-13-33(14-4-1)51-39-19-8-9-20-40(39)52(35-24-26-50-44(30-35)38-18-11-12-22-49(38)56-50)45-29-34(23-25-41(45)51)43-31-46-47-32-54-28-27-48(47)55(36-15-5-2-6-16-36)53(46)42-21-10-7-17-37(42)43/h1-32H. The molecule has 0 N–H and O–H groups in total. The van der Waals surface area contributed by atoms with Gasteiger partial charge in [-0.25, -0.2) is 0 Å². The molecule has 0 aliphatic rings. The smallest absolute Gasteiger partial charge is 0.0620 e. The van der Waals surface area contributed by atoms with Crippen molar-refractivity contribution in [2.75, 3.05) is 0 Å². The maximum Gasteiger partial charge on any atom is 0.0620 e. The van der Waals surface area contributed by atoms with Crippen molar-refractivity contribution in [2.45, 2.75) is 0 Å². The molecule has 0 atom stereocenters. The number of fused-ring (bicyclic) bond motifs is 10. The second-order valence-corrected chi connectivity index (χ2v) is 15.7. The number of hydrogen-bond acceptors (Lipinski definition) is 2. The number of pyridine rings is 1. The van der Waals surface area contributed by atoms with E-state index in [0.717, 1.165) is 16.6 Å². The first-order chi connectivity index (χ1) is 27.8. The Morgan fingerprint density at radius 1 is 0.375 bits per heavy atom. The number of nitrogens with zero attached hydrogens (tertiary/aromatic N) is 2. The third-order valence-corrected chi connectivity index (χ3v) is 12.8. The molecule has 3 aromatic heterocycles.